The van der Waals surface area contributed by atoms with Gasteiger partial charge in [-0.25, -0.2) is 4.39 Å². The molecule has 0 atom stereocenters. The van der Waals surface area contributed by atoms with Crippen LogP contribution in [0.2, 0.25) is 0 Å². The molecule has 0 aromatic heterocycles. The van der Waals surface area contributed by atoms with Crippen molar-refractivity contribution in [2.45, 2.75) is 26.3 Å². The summed E-state index contributed by atoms with van der Waals surface area (Å²) in [5, 5.41) is 3.20. The predicted molar refractivity (Wildman–Crippen MR) is 80.6 cm³/mol. The molecule has 2 nitrogen and oxygen atoms in total. The average Bonchev–Trinajstić information content (AvgIpc) is 2.46. The largest absolute Gasteiger partial charge is 0.494 e. The lowest BCUT2D eigenvalue weighted by Crippen LogP contribution is -2.01. The van der Waals surface area contributed by atoms with Gasteiger partial charge < -0.3 is 10.1 Å². The summed E-state index contributed by atoms with van der Waals surface area (Å²) >= 11 is 0. The van der Waals surface area contributed by atoms with Crippen molar-refractivity contribution in [3.8, 4) is 5.75 Å². The summed E-state index contributed by atoms with van der Waals surface area (Å²) in [4.78, 5) is 0. The molecule has 0 amide bonds. The van der Waals surface area contributed by atoms with E-state index in [0.29, 0.717) is 6.54 Å². The Morgan fingerprint density at radius 1 is 1.10 bits per heavy atom. The molecule has 0 unspecified atom stereocenters. The second-order valence-corrected chi connectivity index (χ2v) is 4.71. The van der Waals surface area contributed by atoms with Crippen molar-refractivity contribution >= 4 is 5.69 Å². The third-order valence-electron chi connectivity index (χ3n) is 2.99. The van der Waals surface area contributed by atoms with Crippen LogP contribution in [-0.4, -0.2) is 6.61 Å². The number of anilines is 1. The summed E-state index contributed by atoms with van der Waals surface area (Å²) in [5.74, 6) is 0.656. The first kappa shape index (κ1) is 14.4. The molecule has 106 valence electrons. The summed E-state index contributed by atoms with van der Waals surface area (Å²) in [6, 6.07) is 14.5. The molecule has 20 heavy (non-hydrogen) atoms. The molecule has 0 aliphatic carbocycles. The van der Waals surface area contributed by atoms with Crippen LogP contribution in [0.1, 0.15) is 25.3 Å². The number of benzene rings is 2. The monoisotopic (exact) mass is 273 g/mol. The molecular weight excluding hydrogens is 253 g/mol. The van der Waals surface area contributed by atoms with Crippen molar-refractivity contribution in [3.63, 3.8) is 0 Å². The summed E-state index contributed by atoms with van der Waals surface area (Å²) in [5.41, 5.74) is 1.89. The molecule has 3 heteroatoms. The molecule has 0 bridgehead atoms. The average molecular weight is 273 g/mol. The van der Waals surface area contributed by atoms with E-state index in [4.69, 9.17) is 4.74 Å². The Kier molecular flexibility index (Phi) is 5.42. The van der Waals surface area contributed by atoms with E-state index in [2.05, 4.69) is 12.2 Å². The van der Waals surface area contributed by atoms with Crippen molar-refractivity contribution in [1.29, 1.82) is 0 Å². The van der Waals surface area contributed by atoms with E-state index in [0.717, 1.165) is 36.4 Å². The summed E-state index contributed by atoms with van der Waals surface area (Å²) in [6.07, 6.45) is 2.19. The molecule has 0 aliphatic heterocycles. The number of rotatable bonds is 7. The van der Waals surface area contributed by atoms with Crippen LogP contribution in [0.15, 0.2) is 48.5 Å². The van der Waals surface area contributed by atoms with Crippen LogP contribution < -0.4 is 10.1 Å². The van der Waals surface area contributed by atoms with Crippen LogP contribution in [0.3, 0.4) is 0 Å². The lowest BCUT2D eigenvalue weighted by atomic mass is 10.2. The lowest BCUT2D eigenvalue weighted by Gasteiger charge is -2.09. The van der Waals surface area contributed by atoms with Gasteiger partial charge in [0.1, 0.15) is 11.6 Å². The molecule has 0 fully saturated rings. The number of hydrogen-bond acceptors (Lipinski definition) is 2. The smallest absolute Gasteiger partial charge is 0.125 e. The minimum absolute atomic E-state index is 0.230. The van der Waals surface area contributed by atoms with E-state index in [9.17, 15) is 4.39 Å². The molecule has 0 radical (unpaired) electrons. The highest BCUT2D eigenvalue weighted by Crippen LogP contribution is 2.16. The zero-order chi connectivity index (χ0) is 14.2. The van der Waals surface area contributed by atoms with E-state index in [1.54, 1.807) is 6.07 Å². The number of halogens is 1. The Labute approximate surface area is 119 Å². The molecule has 0 heterocycles. The molecule has 0 aliphatic rings. The molecule has 0 spiro atoms. The summed E-state index contributed by atoms with van der Waals surface area (Å²) in [7, 11) is 0. The Bertz CT molecular complexity index is 542. The van der Waals surface area contributed by atoms with Crippen molar-refractivity contribution < 1.29 is 9.13 Å². The zero-order valence-electron chi connectivity index (χ0n) is 11.7. The SMILES string of the molecule is CCCCOc1cccc(CNc2cccc(F)c2)c1. The maximum Gasteiger partial charge on any atom is 0.125 e. The van der Waals surface area contributed by atoms with Crippen molar-refractivity contribution in [2.75, 3.05) is 11.9 Å². The van der Waals surface area contributed by atoms with Gasteiger partial charge in [-0.1, -0.05) is 31.5 Å². The minimum Gasteiger partial charge on any atom is -0.494 e. The van der Waals surface area contributed by atoms with E-state index >= 15 is 0 Å². The van der Waals surface area contributed by atoms with Gasteiger partial charge >= 0.3 is 0 Å². The third-order valence-corrected chi connectivity index (χ3v) is 2.99. The van der Waals surface area contributed by atoms with Gasteiger partial charge in [-0.2, -0.15) is 0 Å². The van der Waals surface area contributed by atoms with Gasteiger partial charge in [0, 0.05) is 12.2 Å². The Morgan fingerprint density at radius 3 is 2.75 bits per heavy atom. The standard InChI is InChI=1S/C17H20FNO/c1-2-3-10-20-17-9-4-6-14(11-17)13-19-16-8-5-7-15(18)12-16/h4-9,11-12,19H,2-3,10,13H2,1H3. The van der Waals surface area contributed by atoms with E-state index in [-0.39, 0.29) is 5.82 Å². The molecule has 0 saturated heterocycles. The first-order valence-electron chi connectivity index (χ1n) is 6.99. The van der Waals surface area contributed by atoms with Gasteiger partial charge in [0.25, 0.3) is 0 Å². The van der Waals surface area contributed by atoms with Crippen LogP contribution >= 0.6 is 0 Å². The highest BCUT2D eigenvalue weighted by atomic mass is 19.1. The van der Waals surface area contributed by atoms with Gasteiger partial charge in [-0.05, 0) is 42.3 Å². The maximum absolute atomic E-state index is 13.1. The number of hydrogen-bond donors (Lipinski definition) is 1. The molecular formula is C17H20FNO. The quantitative estimate of drug-likeness (QED) is 0.743. The molecule has 2 aromatic rings. The Hall–Kier alpha value is -2.03. The summed E-state index contributed by atoms with van der Waals surface area (Å²) in [6.45, 7) is 3.54. The van der Waals surface area contributed by atoms with Crippen molar-refractivity contribution in [2.24, 2.45) is 0 Å². The van der Waals surface area contributed by atoms with E-state index in [1.165, 1.54) is 12.1 Å². The first-order chi connectivity index (χ1) is 9.78. The normalized spacial score (nSPS) is 10.3. The van der Waals surface area contributed by atoms with Gasteiger partial charge in [-0.15, -0.1) is 0 Å². The zero-order valence-corrected chi connectivity index (χ0v) is 11.7. The lowest BCUT2D eigenvalue weighted by molar-refractivity contribution is 0.309. The minimum atomic E-state index is -0.230. The highest BCUT2D eigenvalue weighted by Gasteiger charge is 1.99. The van der Waals surface area contributed by atoms with Crippen LogP contribution in [0.4, 0.5) is 10.1 Å². The third kappa shape index (κ3) is 4.57. The predicted octanol–water partition coefficient (Wildman–Crippen LogP) is 4.62. The molecule has 0 saturated carbocycles. The van der Waals surface area contributed by atoms with Crippen molar-refractivity contribution in [1.82, 2.24) is 0 Å². The van der Waals surface area contributed by atoms with Gasteiger partial charge in [0.2, 0.25) is 0 Å². The first-order valence-corrected chi connectivity index (χ1v) is 6.99. The molecule has 1 N–H and O–H groups in total. The number of ether oxygens (including phenoxy) is 1. The Balaban J connectivity index is 1.91. The second kappa shape index (κ2) is 7.53. The molecule has 2 rings (SSSR count). The fourth-order valence-electron chi connectivity index (χ4n) is 1.88. The maximum atomic E-state index is 13.1. The van der Waals surface area contributed by atoms with E-state index < -0.39 is 0 Å². The summed E-state index contributed by atoms with van der Waals surface area (Å²) < 4.78 is 18.7. The fourth-order valence-corrected chi connectivity index (χ4v) is 1.88. The second-order valence-electron chi connectivity index (χ2n) is 4.71. The fraction of sp³-hybridized carbons (Fsp3) is 0.294. The number of unbranched alkanes of at least 4 members (excludes halogenated alkanes) is 1. The van der Waals surface area contributed by atoms with Gasteiger partial charge in [0.05, 0.1) is 6.61 Å². The van der Waals surface area contributed by atoms with Crippen LogP contribution in [-0.2, 0) is 6.54 Å². The van der Waals surface area contributed by atoms with Crippen molar-refractivity contribution in [3.05, 3.63) is 59.9 Å². The number of nitrogens with one attached hydrogen (secondary N) is 1. The van der Waals surface area contributed by atoms with Crippen LogP contribution in [0.25, 0.3) is 0 Å². The van der Waals surface area contributed by atoms with Gasteiger partial charge in [0.15, 0.2) is 0 Å². The molecule has 2 aromatic carbocycles. The van der Waals surface area contributed by atoms with Crippen LogP contribution in [0, 0.1) is 5.82 Å². The Morgan fingerprint density at radius 2 is 1.95 bits per heavy atom. The topological polar surface area (TPSA) is 21.3 Å². The van der Waals surface area contributed by atoms with Crippen LogP contribution in [0.5, 0.6) is 5.75 Å². The van der Waals surface area contributed by atoms with Gasteiger partial charge in [-0.3, -0.25) is 0 Å². The highest BCUT2D eigenvalue weighted by molar-refractivity contribution is 5.44. The van der Waals surface area contributed by atoms with E-state index in [1.807, 2.05) is 30.3 Å².